The molecule has 5 rings (SSSR count). The summed E-state index contributed by atoms with van der Waals surface area (Å²) in [5.74, 6) is -1.11. The SMILES string of the molecule is O=C(OCC(=O)N1N=C(c2ccc3ccccc3c2)CC1c1ccccc1)c1cnccn1. The predicted octanol–water partition coefficient (Wildman–Crippen LogP) is 4.16. The zero-order chi connectivity index (χ0) is 22.6. The van der Waals surface area contributed by atoms with Gasteiger partial charge in [-0.3, -0.25) is 9.78 Å². The number of carbonyl (C=O) groups excluding carboxylic acids is 2. The van der Waals surface area contributed by atoms with Crippen LogP contribution < -0.4 is 0 Å². The van der Waals surface area contributed by atoms with Crippen LogP contribution in [0.5, 0.6) is 0 Å². The second-order valence-electron chi connectivity index (χ2n) is 7.64. The van der Waals surface area contributed by atoms with Gasteiger partial charge in [0.1, 0.15) is 0 Å². The van der Waals surface area contributed by atoms with Crippen molar-refractivity contribution in [2.75, 3.05) is 6.61 Å². The molecule has 2 heterocycles. The number of carbonyl (C=O) groups is 2. The number of hydrogen-bond acceptors (Lipinski definition) is 6. The zero-order valence-electron chi connectivity index (χ0n) is 17.7. The Bertz CT molecular complexity index is 1340. The summed E-state index contributed by atoms with van der Waals surface area (Å²) in [6.07, 6.45) is 4.71. The highest BCUT2D eigenvalue weighted by atomic mass is 16.5. The number of benzene rings is 3. The Hall–Kier alpha value is -4.39. The van der Waals surface area contributed by atoms with Gasteiger partial charge in [-0.05, 0) is 28.0 Å². The number of amides is 1. The molecule has 0 spiro atoms. The number of ether oxygens (including phenoxy) is 1. The minimum Gasteiger partial charge on any atom is -0.451 e. The van der Waals surface area contributed by atoms with Gasteiger partial charge in [-0.1, -0.05) is 66.7 Å². The first-order chi connectivity index (χ1) is 16.2. The molecule has 0 saturated carbocycles. The first-order valence-electron chi connectivity index (χ1n) is 10.6. The Morgan fingerprint density at radius 2 is 1.73 bits per heavy atom. The lowest BCUT2D eigenvalue weighted by Crippen LogP contribution is -2.31. The minimum absolute atomic E-state index is 0.0479. The van der Waals surface area contributed by atoms with Gasteiger partial charge in [0.2, 0.25) is 0 Å². The van der Waals surface area contributed by atoms with E-state index < -0.39 is 18.5 Å². The van der Waals surface area contributed by atoms with E-state index in [9.17, 15) is 9.59 Å². The van der Waals surface area contributed by atoms with E-state index in [-0.39, 0.29) is 11.7 Å². The quantitative estimate of drug-likeness (QED) is 0.439. The van der Waals surface area contributed by atoms with Crippen molar-refractivity contribution < 1.29 is 14.3 Å². The van der Waals surface area contributed by atoms with Crippen molar-refractivity contribution in [3.05, 3.63) is 108 Å². The van der Waals surface area contributed by atoms with Crippen molar-refractivity contribution in [2.45, 2.75) is 12.5 Å². The smallest absolute Gasteiger partial charge is 0.359 e. The fourth-order valence-electron chi connectivity index (χ4n) is 3.89. The first kappa shape index (κ1) is 20.5. The van der Waals surface area contributed by atoms with Crippen molar-refractivity contribution in [3.63, 3.8) is 0 Å². The molecule has 1 aliphatic heterocycles. The molecule has 1 atom stereocenters. The molecular formula is C26H20N4O3. The summed E-state index contributed by atoms with van der Waals surface area (Å²) in [6, 6.07) is 23.7. The zero-order valence-corrected chi connectivity index (χ0v) is 17.7. The molecule has 3 aromatic carbocycles. The average Bonchev–Trinajstić information content (AvgIpc) is 3.33. The van der Waals surface area contributed by atoms with Crippen LogP contribution in [0, 0.1) is 0 Å². The highest BCUT2D eigenvalue weighted by molar-refractivity contribution is 6.05. The van der Waals surface area contributed by atoms with Crippen LogP contribution in [0.4, 0.5) is 0 Å². The monoisotopic (exact) mass is 436 g/mol. The van der Waals surface area contributed by atoms with Crippen LogP contribution in [0.1, 0.15) is 34.1 Å². The number of hydrazone groups is 1. The molecule has 7 heteroatoms. The molecule has 1 aliphatic rings. The van der Waals surface area contributed by atoms with E-state index in [2.05, 4.69) is 39.3 Å². The first-order valence-corrected chi connectivity index (χ1v) is 10.6. The largest absolute Gasteiger partial charge is 0.451 e. The van der Waals surface area contributed by atoms with Crippen LogP contribution in [0.15, 0.2) is 96.5 Å². The third-order valence-corrected chi connectivity index (χ3v) is 5.53. The Kier molecular flexibility index (Phi) is 5.59. The predicted molar refractivity (Wildman–Crippen MR) is 123 cm³/mol. The van der Waals surface area contributed by atoms with E-state index in [4.69, 9.17) is 4.74 Å². The second-order valence-corrected chi connectivity index (χ2v) is 7.64. The Morgan fingerprint density at radius 3 is 2.52 bits per heavy atom. The van der Waals surface area contributed by atoms with Crippen molar-refractivity contribution in [1.29, 1.82) is 0 Å². The summed E-state index contributed by atoms with van der Waals surface area (Å²) in [4.78, 5) is 33.0. The van der Waals surface area contributed by atoms with Gasteiger partial charge in [0.05, 0.1) is 18.0 Å². The lowest BCUT2D eigenvalue weighted by atomic mass is 9.97. The highest BCUT2D eigenvalue weighted by Crippen LogP contribution is 2.33. The average molecular weight is 436 g/mol. The van der Waals surface area contributed by atoms with E-state index in [1.165, 1.54) is 23.6 Å². The summed E-state index contributed by atoms with van der Waals surface area (Å²) in [7, 11) is 0. The normalized spacial score (nSPS) is 15.3. The van der Waals surface area contributed by atoms with E-state index >= 15 is 0 Å². The van der Waals surface area contributed by atoms with Gasteiger partial charge in [-0.15, -0.1) is 0 Å². The molecule has 4 aromatic rings. The molecule has 0 radical (unpaired) electrons. The molecule has 7 nitrogen and oxygen atoms in total. The van der Waals surface area contributed by atoms with Gasteiger partial charge < -0.3 is 4.74 Å². The van der Waals surface area contributed by atoms with E-state index in [0.29, 0.717) is 6.42 Å². The summed E-state index contributed by atoms with van der Waals surface area (Å²) >= 11 is 0. The molecule has 0 bridgehead atoms. The maximum atomic E-state index is 13.1. The number of aromatic nitrogens is 2. The van der Waals surface area contributed by atoms with E-state index in [1.807, 2.05) is 48.5 Å². The maximum absolute atomic E-state index is 13.1. The lowest BCUT2D eigenvalue weighted by Gasteiger charge is -2.21. The summed E-state index contributed by atoms with van der Waals surface area (Å²) < 4.78 is 5.18. The minimum atomic E-state index is -0.703. The van der Waals surface area contributed by atoms with Crippen LogP contribution in [0.25, 0.3) is 10.8 Å². The van der Waals surface area contributed by atoms with Gasteiger partial charge in [-0.25, -0.2) is 14.8 Å². The van der Waals surface area contributed by atoms with Crippen LogP contribution in [-0.2, 0) is 9.53 Å². The van der Waals surface area contributed by atoms with Gasteiger partial charge in [0.15, 0.2) is 12.3 Å². The summed E-state index contributed by atoms with van der Waals surface area (Å²) in [6.45, 7) is -0.437. The molecule has 0 N–H and O–H groups in total. The third-order valence-electron chi connectivity index (χ3n) is 5.53. The summed E-state index contributed by atoms with van der Waals surface area (Å²) in [5.41, 5.74) is 2.78. The fourth-order valence-corrected chi connectivity index (χ4v) is 3.89. The number of esters is 1. The van der Waals surface area contributed by atoms with Crippen LogP contribution in [0.3, 0.4) is 0 Å². The van der Waals surface area contributed by atoms with E-state index in [0.717, 1.165) is 27.6 Å². The maximum Gasteiger partial charge on any atom is 0.359 e. The molecular weight excluding hydrogens is 416 g/mol. The molecule has 0 fully saturated rings. The molecule has 162 valence electrons. The number of rotatable bonds is 5. The van der Waals surface area contributed by atoms with Crippen LogP contribution in [-0.4, -0.2) is 39.2 Å². The highest BCUT2D eigenvalue weighted by Gasteiger charge is 2.33. The van der Waals surface area contributed by atoms with Crippen molar-refractivity contribution in [3.8, 4) is 0 Å². The van der Waals surface area contributed by atoms with Crippen molar-refractivity contribution in [2.24, 2.45) is 5.10 Å². The number of hydrogen-bond donors (Lipinski definition) is 0. The van der Waals surface area contributed by atoms with Gasteiger partial charge in [0, 0.05) is 18.8 Å². The fraction of sp³-hybridized carbons (Fsp3) is 0.115. The van der Waals surface area contributed by atoms with Gasteiger partial charge >= 0.3 is 5.97 Å². The van der Waals surface area contributed by atoms with Crippen LogP contribution >= 0.6 is 0 Å². The second kappa shape index (κ2) is 9.00. The lowest BCUT2D eigenvalue weighted by molar-refractivity contribution is -0.136. The number of nitrogens with zero attached hydrogens (tertiary/aromatic N) is 4. The summed E-state index contributed by atoms with van der Waals surface area (Å²) in [5, 5.41) is 8.33. The molecule has 33 heavy (non-hydrogen) atoms. The Labute approximate surface area is 190 Å². The number of fused-ring (bicyclic) bond motifs is 1. The molecule has 1 unspecified atom stereocenters. The molecule has 1 aromatic heterocycles. The molecule has 0 aliphatic carbocycles. The van der Waals surface area contributed by atoms with Gasteiger partial charge in [0.25, 0.3) is 5.91 Å². The van der Waals surface area contributed by atoms with Crippen molar-refractivity contribution in [1.82, 2.24) is 15.0 Å². The van der Waals surface area contributed by atoms with Gasteiger partial charge in [-0.2, -0.15) is 5.10 Å². The van der Waals surface area contributed by atoms with Crippen molar-refractivity contribution >= 4 is 28.4 Å². The van der Waals surface area contributed by atoms with E-state index in [1.54, 1.807) is 0 Å². The molecule has 1 amide bonds. The standard InChI is InChI=1S/C26H20N4O3/c31-25(17-33-26(32)23-16-27-12-13-28-23)30-24(19-7-2-1-3-8-19)15-22(29-30)21-11-10-18-6-4-5-9-20(18)14-21/h1-14,16,24H,15,17H2. The Morgan fingerprint density at radius 1 is 0.939 bits per heavy atom. The third kappa shape index (κ3) is 4.34. The topological polar surface area (TPSA) is 84.8 Å². The molecule has 0 saturated heterocycles. The Balaban J connectivity index is 1.40. The van der Waals surface area contributed by atoms with Crippen LogP contribution in [0.2, 0.25) is 0 Å².